The minimum Gasteiger partial charge on any atom is -0.347 e. The molecule has 0 unspecified atom stereocenters. The van der Waals surface area contributed by atoms with Gasteiger partial charge in [-0.15, -0.1) is 0 Å². The number of nitrogens with one attached hydrogen (secondary N) is 2. The number of hydrazone groups is 1. The summed E-state index contributed by atoms with van der Waals surface area (Å²) in [7, 11) is 0. The molecule has 5 nitrogen and oxygen atoms in total. The number of carbonyl (C=O) groups is 2. The fraction of sp³-hybridized carbons (Fsp3) is 0.150. The van der Waals surface area contributed by atoms with Crippen LogP contribution in [0.3, 0.4) is 0 Å². The minimum absolute atomic E-state index is 0.0899. The quantitative estimate of drug-likeness (QED) is 0.575. The highest BCUT2D eigenvalue weighted by Gasteiger charge is 2.04. The van der Waals surface area contributed by atoms with Crippen LogP contribution in [-0.2, 0) is 16.0 Å². The highest BCUT2D eigenvalue weighted by Crippen LogP contribution is 2.02. The van der Waals surface area contributed by atoms with E-state index in [2.05, 4.69) is 15.8 Å². The molecule has 0 spiro atoms. The van der Waals surface area contributed by atoms with Gasteiger partial charge in [0.15, 0.2) is 0 Å². The molecular weight excluding hydrogens is 314 g/mol. The molecule has 2 rings (SSSR count). The molecule has 5 heteroatoms. The summed E-state index contributed by atoms with van der Waals surface area (Å²) in [5, 5.41) is 6.37. The number of allylic oxidation sites excluding steroid dienone is 1. The molecule has 0 aliphatic rings. The summed E-state index contributed by atoms with van der Waals surface area (Å²) in [6, 6.07) is 19.5. The molecule has 0 bridgehead atoms. The summed E-state index contributed by atoms with van der Waals surface area (Å²) in [6.07, 6.45) is 6.09. The summed E-state index contributed by atoms with van der Waals surface area (Å²) in [5.74, 6) is -0.524. The second kappa shape index (κ2) is 10.5. The molecular formula is C20H21N3O2. The zero-order valence-electron chi connectivity index (χ0n) is 13.9. The first-order chi connectivity index (χ1) is 12.2. The van der Waals surface area contributed by atoms with Crippen LogP contribution >= 0.6 is 0 Å². The maximum absolute atomic E-state index is 11.7. The minimum atomic E-state index is -0.363. The Hall–Kier alpha value is -3.21. The molecule has 0 saturated heterocycles. The number of benzene rings is 2. The molecule has 0 aliphatic heterocycles. The predicted octanol–water partition coefficient (Wildman–Crippen LogP) is 2.55. The Morgan fingerprint density at radius 2 is 1.60 bits per heavy atom. The van der Waals surface area contributed by atoms with Crippen molar-refractivity contribution < 1.29 is 9.59 Å². The zero-order valence-corrected chi connectivity index (χ0v) is 13.9. The van der Waals surface area contributed by atoms with Gasteiger partial charge in [0, 0.05) is 12.6 Å². The van der Waals surface area contributed by atoms with Crippen molar-refractivity contribution in [2.75, 3.05) is 6.54 Å². The Morgan fingerprint density at radius 3 is 2.32 bits per heavy atom. The molecule has 0 aliphatic carbocycles. The Morgan fingerprint density at radius 1 is 0.920 bits per heavy atom. The van der Waals surface area contributed by atoms with Crippen molar-refractivity contribution in [1.29, 1.82) is 0 Å². The van der Waals surface area contributed by atoms with E-state index in [4.69, 9.17) is 0 Å². The van der Waals surface area contributed by atoms with Gasteiger partial charge in [0.25, 0.3) is 5.91 Å². The first-order valence-electron chi connectivity index (χ1n) is 8.08. The Bertz CT molecular complexity index is 725. The van der Waals surface area contributed by atoms with Gasteiger partial charge >= 0.3 is 0 Å². The lowest BCUT2D eigenvalue weighted by Gasteiger charge is -2.04. The van der Waals surface area contributed by atoms with Crippen molar-refractivity contribution in [3.05, 3.63) is 77.9 Å². The molecule has 2 aromatic carbocycles. The summed E-state index contributed by atoms with van der Waals surface area (Å²) in [4.78, 5) is 23.3. The van der Waals surface area contributed by atoms with Crippen LogP contribution in [0.25, 0.3) is 6.08 Å². The zero-order chi connectivity index (χ0) is 17.7. The maximum Gasteiger partial charge on any atom is 0.259 e. The van der Waals surface area contributed by atoms with E-state index < -0.39 is 0 Å². The van der Waals surface area contributed by atoms with Crippen LogP contribution in [0, 0.1) is 0 Å². The van der Waals surface area contributed by atoms with Gasteiger partial charge in [0.1, 0.15) is 0 Å². The third kappa shape index (κ3) is 7.74. The van der Waals surface area contributed by atoms with Crippen molar-refractivity contribution in [1.82, 2.24) is 10.7 Å². The summed E-state index contributed by atoms with van der Waals surface area (Å²) in [5.41, 5.74) is 4.50. The van der Waals surface area contributed by atoms with Gasteiger partial charge in [-0.2, -0.15) is 5.10 Å². The Balaban J connectivity index is 1.61. The molecule has 0 aromatic heterocycles. The molecule has 0 heterocycles. The standard InChI is InChI=1S/C20H21N3O2/c24-19(14-13-18-10-5-2-6-11-18)21-16-20(25)23-22-15-7-12-17-8-3-1-4-9-17/h1-12,15H,13-14,16H2,(H,21,24)(H,23,25)/b12-7+,22-15+. The van der Waals surface area contributed by atoms with Gasteiger partial charge in [-0.05, 0) is 23.6 Å². The van der Waals surface area contributed by atoms with Gasteiger partial charge in [-0.3, -0.25) is 9.59 Å². The van der Waals surface area contributed by atoms with Gasteiger partial charge in [-0.25, -0.2) is 5.43 Å². The van der Waals surface area contributed by atoms with E-state index in [9.17, 15) is 9.59 Å². The van der Waals surface area contributed by atoms with Crippen molar-refractivity contribution in [3.8, 4) is 0 Å². The van der Waals surface area contributed by atoms with Crippen LogP contribution in [-0.4, -0.2) is 24.6 Å². The van der Waals surface area contributed by atoms with Crippen LogP contribution in [0.15, 0.2) is 71.8 Å². The van der Waals surface area contributed by atoms with Crippen molar-refractivity contribution >= 4 is 24.1 Å². The van der Waals surface area contributed by atoms with E-state index in [1.165, 1.54) is 6.21 Å². The predicted molar refractivity (Wildman–Crippen MR) is 99.9 cm³/mol. The van der Waals surface area contributed by atoms with E-state index in [1.54, 1.807) is 6.08 Å². The average Bonchev–Trinajstić information content (AvgIpc) is 2.66. The van der Waals surface area contributed by atoms with Gasteiger partial charge < -0.3 is 5.32 Å². The fourth-order valence-corrected chi connectivity index (χ4v) is 2.08. The number of hydrogen-bond donors (Lipinski definition) is 2. The average molecular weight is 335 g/mol. The van der Waals surface area contributed by atoms with Crippen molar-refractivity contribution in [2.24, 2.45) is 5.10 Å². The number of carbonyl (C=O) groups excluding carboxylic acids is 2. The van der Waals surface area contributed by atoms with Crippen LogP contribution in [0.2, 0.25) is 0 Å². The van der Waals surface area contributed by atoms with Gasteiger partial charge in [-0.1, -0.05) is 66.7 Å². The van der Waals surface area contributed by atoms with Crippen LogP contribution < -0.4 is 10.7 Å². The monoisotopic (exact) mass is 335 g/mol. The molecule has 0 atom stereocenters. The second-order valence-corrected chi connectivity index (χ2v) is 5.35. The fourth-order valence-electron chi connectivity index (χ4n) is 2.08. The Labute approximate surface area is 147 Å². The third-order valence-electron chi connectivity index (χ3n) is 3.37. The van der Waals surface area contributed by atoms with Gasteiger partial charge in [0.05, 0.1) is 6.54 Å². The maximum atomic E-state index is 11.7. The number of aryl methyl sites for hydroxylation is 1. The van der Waals surface area contributed by atoms with E-state index in [0.29, 0.717) is 12.8 Å². The molecule has 2 amide bonds. The molecule has 0 saturated carbocycles. The van der Waals surface area contributed by atoms with E-state index in [-0.39, 0.29) is 18.4 Å². The first kappa shape index (κ1) is 18.1. The van der Waals surface area contributed by atoms with Crippen molar-refractivity contribution in [3.63, 3.8) is 0 Å². The van der Waals surface area contributed by atoms with Crippen LogP contribution in [0.4, 0.5) is 0 Å². The Kier molecular flexibility index (Phi) is 7.65. The third-order valence-corrected chi connectivity index (χ3v) is 3.37. The first-order valence-corrected chi connectivity index (χ1v) is 8.08. The number of hydrogen-bond acceptors (Lipinski definition) is 3. The SMILES string of the molecule is O=C(CCc1ccccc1)NCC(=O)N/N=C/C=C/c1ccccc1. The number of amides is 2. The molecule has 25 heavy (non-hydrogen) atoms. The highest BCUT2D eigenvalue weighted by molar-refractivity contribution is 5.85. The highest BCUT2D eigenvalue weighted by atomic mass is 16.2. The lowest BCUT2D eigenvalue weighted by molar-refractivity contribution is -0.126. The topological polar surface area (TPSA) is 70.6 Å². The summed E-state index contributed by atoms with van der Waals surface area (Å²) >= 11 is 0. The lowest BCUT2D eigenvalue weighted by Crippen LogP contribution is -2.34. The lowest BCUT2D eigenvalue weighted by atomic mass is 10.1. The van der Waals surface area contributed by atoms with Gasteiger partial charge in [0.2, 0.25) is 5.91 Å². The molecule has 2 aromatic rings. The number of rotatable bonds is 8. The molecule has 0 radical (unpaired) electrons. The van der Waals surface area contributed by atoms with Crippen LogP contribution in [0.5, 0.6) is 0 Å². The van der Waals surface area contributed by atoms with Crippen LogP contribution in [0.1, 0.15) is 17.5 Å². The number of nitrogens with zero attached hydrogens (tertiary/aromatic N) is 1. The smallest absolute Gasteiger partial charge is 0.259 e. The largest absolute Gasteiger partial charge is 0.347 e. The van der Waals surface area contributed by atoms with E-state index in [1.807, 2.05) is 66.7 Å². The summed E-state index contributed by atoms with van der Waals surface area (Å²) in [6.45, 7) is -0.0899. The summed E-state index contributed by atoms with van der Waals surface area (Å²) < 4.78 is 0. The second-order valence-electron chi connectivity index (χ2n) is 5.35. The molecule has 0 fully saturated rings. The normalized spacial score (nSPS) is 10.9. The van der Waals surface area contributed by atoms with E-state index in [0.717, 1.165) is 11.1 Å². The van der Waals surface area contributed by atoms with E-state index >= 15 is 0 Å². The molecule has 128 valence electrons. The van der Waals surface area contributed by atoms with Crippen molar-refractivity contribution in [2.45, 2.75) is 12.8 Å². The molecule has 2 N–H and O–H groups in total.